The smallest absolute Gasteiger partial charge is 0.326 e. The largest absolute Gasteiger partial charge is 0.481 e. The fraction of sp³-hybridized carbons (Fsp3) is 0.806. The topological polar surface area (TPSA) is 228 Å². The molecule has 0 aliphatic carbocycles. The number of carbonyl (C=O) groups is 7. The van der Waals surface area contributed by atoms with Crippen LogP contribution in [0.2, 0.25) is 0 Å². The summed E-state index contributed by atoms with van der Waals surface area (Å²) in [7, 11) is 1.71. The highest BCUT2D eigenvalue weighted by molar-refractivity contribution is 5.86. The van der Waals surface area contributed by atoms with E-state index in [1.807, 2.05) is 0 Å². The van der Waals surface area contributed by atoms with E-state index in [2.05, 4.69) is 21.3 Å². The molecule has 14 nitrogen and oxygen atoms in total. The van der Waals surface area contributed by atoms with Gasteiger partial charge in [-0.05, 0) is 58.9 Å². The van der Waals surface area contributed by atoms with Crippen LogP contribution in [0.25, 0.3) is 0 Å². The highest BCUT2D eigenvalue weighted by Gasteiger charge is 2.24. The number of hydrogen-bond donors (Lipinski definition) is 7. The number of unbranched alkanes of at least 4 members (excludes halogenated alkanes) is 14. The molecular formula is C36H64N4O10. The summed E-state index contributed by atoms with van der Waals surface area (Å²) in [6.07, 6.45) is 16.4. The number of rotatable bonds is 34. The normalized spacial score (nSPS) is 12.8. The predicted molar refractivity (Wildman–Crippen MR) is 189 cm³/mol. The molecule has 50 heavy (non-hydrogen) atoms. The number of amides is 3. The zero-order valence-corrected chi connectivity index (χ0v) is 30.4. The first kappa shape index (κ1) is 46.5. The second-order valence-electron chi connectivity index (χ2n) is 13.1. The van der Waals surface area contributed by atoms with Crippen molar-refractivity contribution in [2.45, 2.75) is 173 Å². The Kier molecular flexibility index (Phi) is 28.1. The highest BCUT2D eigenvalue weighted by atomic mass is 16.4. The molecule has 0 bridgehead atoms. The van der Waals surface area contributed by atoms with Crippen molar-refractivity contribution in [2.75, 3.05) is 13.6 Å². The zero-order valence-electron chi connectivity index (χ0n) is 30.4. The summed E-state index contributed by atoms with van der Waals surface area (Å²) in [4.78, 5) is 82.1. The fourth-order valence-corrected chi connectivity index (χ4v) is 5.62. The van der Waals surface area contributed by atoms with E-state index in [-0.39, 0.29) is 56.3 Å². The molecule has 0 aromatic heterocycles. The van der Waals surface area contributed by atoms with Crippen molar-refractivity contribution in [3.63, 3.8) is 0 Å². The van der Waals surface area contributed by atoms with E-state index < -0.39 is 41.8 Å². The Morgan fingerprint density at radius 3 is 1.26 bits per heavy atom. The van der Waals surface area contributed by atoms with Gasteiger partial charge in [-0.25, -0.2) is 9.59 Å². The van der Waals surface area contributed by atoms with Crippen molar-refractivity contribution in [1.29, 1.82) is 0 Å². The van der Waals surface area contributed by atoms with Crippen LogP contribution in [0.1, 0.15) is 155 Å². The first-order valence-electron chi connectivity index (χ1n) is 18.6. The average Bonchev–Trinajstić information content (AvgIpc) is 3.05. The lowest BCUT2D eigenvalue weighted by atomic mass is 10.0. The van der Waals surface area contributed by atoms with E-state index in [0.717, 1.165) is 57.8 Å². The Labute approximate surface area is 297 Å². The Morgan fingerprint density at radius 2 is 0.860 bits per heavy atom. The van der Waals surface area contributed by atoms with Crippen molar-refractivity contribution in [1.82, 2.24) is 21.3 Å². The molecule has 0 radical (unpaired) electrons. The van der Waals surface area contributed by atoms with Crippen LogP contribution in [0.3, 0.4) is 0 Å². The molecular weight excluding hydrogens is 648 g/mol. The maximum atomic E-state index is 12.4. The third-order valence-electron chi connectivity index (χ3n) is 8.71. The molecule has 0 aromatic carbocycles. The van der Waals surface area contributed by atoms with Crippen molar-refractivity contribution >= 4 is 41.4 Å². The minimum Gasteiger partial charge on any atom is -0.481 e. The lowest BCUT2D eigenvalue weighted by Crippen LogP contribution is -2.44. The Bertz CT molecular complexity index is 1020. The number of carboxylic acids is 3. The second-order valence-corrected chi connectivity index (χ2v) is 13.1. The number of ketones is 1. The molecule has 0 saturated heterocycles. The number of carbonyl (C=O) groups excluding carboxylic acids is 4. The summed E-state index contributed by atoms with van der Waals surface area (Å²) >= 11 is 0. The van der Waals surface area contributed by atoms with Gasteiger partial charge in [0.1, 0.15) is 17.9 Å². The number of hydrogen-bond acceptors (Lipinski definition) is 8. The van der Waals surface area contributed by atoms with E-state index in [0.29, 0.717) is 25.8 Å². The van der Waals surface area contributed by atoms with Gasteiger partial charge in [-0.15, -0.1) is 0 Å². The number of likely N-dealkylation sites (N-methyl/N-ethyl adjacent to an activating group) is 1. The van der Waals surface area contributed by atoms with Gasteiger partial charge in [0.15, 0.2) is 0 Å². The van der Waals surface area contributed by atoms with Gasteiger partial charge in [0.05, 0.1) is 6.04 Å². The molecule has 3 unspecified atom stereocenters. The molecule has 0 rings (SSSR count). The number of carboxylic acid groups (broad SMARTS) is 3. The quantitative estimate of drug-likeness (QED) is 0.0460. The molecule has 0 aliphatic heterocycles. The summed E-state index contributed by atoms with van der Waals surface area (Å²) in [5.41, 5.74) is 0. The first-order valence-corrected chi connectivity index (χ1v) is 18.6. The number of nitrogens with one attached hydrogen (secondary N) is 4. The summed E-state index contributed by atoms with van der Waals surface area (Å²) in [5.74, 6) is -4.73. The van der Waals surface area contributed by atoms with Crippen LogP contribution in [-0.2, 0) is 33.6 Å². The van der Waals surface area contributed by atoms with Crippen LogP contribution in [-0.4, -0.2) is 88.5 Å². The van der Waals surface area contributed by atoms with Gasteiger partial charge in [0.2, 0.25) is 17.7 Å². The minimum atomic E-state index is -1.32. The Hall–Kier alpha value is -3.55. The van der Waals surface area contributed by atoms with Crippen LogP contribution in [0.4, 0.5) is 0 Å². The van der Waals surface area contributed by atoms with E-state index >= 15 is 0 Å². The highest BCUT2D eigenvalue weighted by Crippen LogP contribution is 2.14. The molecule has 3 atom stereocenters. The van der Waals surface area contributed by atoms with Gasteiger partial charge in [-0.2, -0.15) is 0 Å². The molecule has 0 saturated carbocycles. The van der Waals surface area contributed by atoms with Crippen molar-refractivity contribution < 1.29 is 48.9 Å². The number of aliphatic carboxylic acids is 3. The Morgan fingerprint density at radius 1 is 0.460 bits per heavy atom. The Balaban J connectivity index is 4.10. The monoisotopic (exact) mass is 712 g/mol. The molecule has 0 spiro atoms. The lowest BCUT2D eigenvalue weighted by molar-refractivity contribution is -0.143. The number of Topliss-reactive ketones (excluding diaryl/α,β-unsaturated/α-hetero) is 1. The van der Waals surface area contributed by atoms with E-state index in [9.17, 15) is 43.8 Å². The van der Waals surface area contributed by atoms with Crippen LogP contribution >= 0.6 is 0 Å². The van der Waals surface area contributed by atoms with Crippen molar-refractivity contribution in [3.8, 4) is 0 Å². The van der Waals surface area contributed by atoms with Gasteiger partial charge < -0.3 is 36.6 Å². The van der Waals surface area contributed by atoms with Gasteiger partial charge in [-0.3, -0.25) is 24.0 Å². The minimum absolute atomic E-state index is 0.0457. The second kappa shape index (κ2) is 30.3. The standard InChI is InChI=1S/C36H64N4O10/c1-27(41)28(37-2)19-17-18-26-38-31(42)24-22-29(35(47)48)40-33(44)25-23-30(36(49)50)39-32(43)20-15-13-11-9-7-5-3-4-6-8-10-12-14-16-21-34(45)46/h28-30,37H,3-26H2,1-2H3,(H,38,42)(H,39,43)(H,40,44)(H,45,46)(H,47,48)(H,49,50). The van der Waals surface area contributed by atoms with E-state index in [1.165, 1.54) is 39.0 Å². The molecule has 0 fully saturated rings. The summed E-state index contributed by atoms with van der Waals surface area (Å²) in [6.45, 7) is 1.89. The average molecular weight is 713 g/mol. The van der Waals surface area contributed by atoms with Crippen LogP contribution in [0, 0.1) is 0 Å². The fourth-order valence-electron chi connectivity index (χ4n) is 5.62. The van der Waals surface area contributed by atoms with Crippen LogP contribution in [0.5, 0.6) is 0 Å². The van der Waals surface area contributed by atoms with Crippen molar-refractivity contribution in [2.24, 2.45) is 0 Å². The molecule has 7 N–H and O–H groups in total. The molecule has 288 valence electrons. The van der Waals surface area contributed by atoms with Crippen LogP contribution in [0.15, 0.2) is 0 Å². The predicted octanol–water partition coefficient (Wildman–Crippen LogP) is 4.48. The van der Waals surface area contributed by atoms with Gasteiger partial charge in [-0.1, -0.05) is 77.0 Å². The maximum absolute atomic E-state index is 12.4. The lowest BCUT2D eigenvalue weighted by Gasteiger charge is -2.17. The summed E-state index contributed by atoms with van der Waals surface area (Å²) in [5, 5.41) is 38.1. The maximum Gasteiger partial charge on any atom is 0.326 e. The third-order valence-corrected chi connectivity index (χ3v) is 8.71. The molecule has 3 amide bonds. The SMILES string of the molecule is CNC(CCCCNC(=O)CCC(NC(=O)CCC(NC(=O)CCCCCCCCCCCCCCCCC(=O)O)C(=O)O)C(=O)O)C(C)=O. The third kappa shape index (κ3) is 27.3. The van der Waals surface area contributed by atoms with E-state index in [1.54, 1.807) is 7.05 Å². The molecule has 0 aromatic rings. The molecule has 0 heterocycles. The van der Waals surface area contributed by atoms with Gasteiger partial charge in [0, 0.05) is 32.2 Å². The van der Waals surface area contributed by atoms with Crippen LogP contribution < -0.4 is 21.3 Å². The summed E-state index contributed by atoms with van der Waals surface area (Å²) < 4.78 is 0. The molecule has 0 aliphatic rings. The zero-order chi connectivity index (χ0) is 37.6. The van der Waals surface area contributed by atoms with E-state index in [4.69, 9.17) is 5.11 Å². The van der Waals surface area contributed by atoms with Gasteiger partial charge in [0.25, 0.3) is 0 Å². The summed E-state index contributed by atoms with van der Waals surface area (Å²) in [6, 6.07) is -2.83. The van der Waals surface area contributed by atoms with Gasteiger partial charge >= 0.3 is 17.9 Å². The molecule has 14 heteroatoms. The first-order chi connectivity index (χ1) is 23.9. The van der Waals surface area contributed by atoms with Crippen molar-refractivity contribution in [3.05, 3.63) is 0 Å².